The Balaban J connectivity index is 2.22. The topological polar surface area (TPSA) is 63.6 Å². The Hall–Kier alpha value is -1.07. The minimum absolute atomic E-state index is 0.0131. The molecule has 1 N–H and O–H groups in total. The second-order valence-electron chi connectivity index (χ2n) is 7.24. The molecule has 22 heavy (non-hydrogen) atoms. The minimum atomic E-state index is -3.42. The van der Waals surface area contributed by atoms with Gasteiger partial charge in [-0.2, -0.15) is 0 Å². The first-order valence-corrected chi connectivity index (χ1v) is 9.39. The van der Waals surface area contributed by atoms with Crippen LogP contribution in [0.1, 0.15) is 39.2 Å². The summed E-state index contributed by atoms with van der Waals surface area (Å²) in [6.07, 6.45) is 0.542. The zero-order chi connectivity index (χ0) is 16.5. The van der Waals surface area contributed by atoms with E-state index in [2.05, 4.69) is 13.8 Å². The van der Waals surface area contributed by atoms with Gasteiger partial charge in [0.15, 0.2) is 9.84 Å². The van der Waals surface area contributed by atoms with Crippen molar-refractivity contribution >= 4 is 9.84 Å². The maximum absolute atomic E-state index is 12.8. The van der Waals surface area contributed by atoms with E-state index in [-0.39, 0.29) is 17.1 Å². The number of benzene rings is 1. The van der Waals surface area contributed by atoms with Crippen LogP contribution in [0.3, 0.4) is 0 Å². The van der Waals surface area contributed by atoms with Crippen molar-refractivity contribution < 1.29 is 18.3 Å². The van der Waals surface area contributed by atoms with Crippen LogP contribution < -0.4 is 4.74 Å². The normalized spacial score (nSPS) is 28.3. The fraction of sp³-hybridized carbons (Fsp3) is 0.647. The largest absolute Gasteiger partial charge is 0.497 e. The molecule has 5 heteroatoms. The summed E-state index contributed by atoms with van der Waals surface area (Å²) in [6.45, 7) is 6.09. The molecule has 4 nitrogen and oxygen atoms in total. The van der Waals surface area contributed by atoms with Crippen molar-refractivity contribution in [1.82, 2.24) is 0 Å². The van der Waals surface area contributed by atoms with Crippen LogP contribution in [-0.4, -0.2) is 32.0 Å². The average molecular weight is 326 g/mol. The summed E-state index contributed by atoms with van der Waals surface area (Å²) in [5.74, 6) is 0.539. The molecule has 1 aromatic carbocycles. The van der Waals surface area contributed by atoms with Gasteiger partial charge in [-0.05, 0) is 41.9 Å². The van der Waals surface area contributed by atoms with Gasteiger partial charge >= 0.3 is 0 Å². The summed E-state index contributed by atoms with van der Waals surface area (Å²) in [5, 5.41) is 9.70. The molecule has 2 rings (SSSR count). The molecule has 3 atom stereocenters. The molecule has 1 aliphatic rings. The monoisotopic (exact) mass is 326 g/mol. The van der Waals surface area contributed by atoms with Gasteiger partial charge in [-0.3, -0.25) is 0 Å². The second-order valence-corrected chi connectivity index (χ2v) is 9.40. The van der Waals surface area contributed by atoms with Gasteiger partial charge in [0.25, 0.3) is 0 Å². The van der Waals surface area contributed by atoms with Gasteiger partial charge in [-0.1, -0.05) is 32.9 Å². The van der Waals surface area contributed by atoms with Crippen LogP contribution in [-0.2, 0) is 15.6 Å². The Bertz CT molecular complexity index is 607. The zero-order valence-corrected chi connectivity index (χ0v) is 14.6. The molecular formula is C17H26O4S. The van der Waals surface area contributed by atoms with Crippen LogP contribution in [0.2, 0.25) is 0 Å². The number of ether oxygens (including phenoxy) is 1. The lowest BCUT2D eigenvalue weighted by Gasteiger charge is -2.42. The van der Waals surface area contributed by atoms with Crippen molar-refractivity contribution in [1.29, 1.82) is 0 Å². The fourth-order valence-corrected chi connectivity index (χ4v) is 6.03. The highest BCUT2D eigenvalue weighted by molar-refractivity contribution is 7.91. The Morgan fingerprint density at radius 1 is 1.32 bits per heavy atom. The highest BCUT2D eigenvalue weighted by atomic mass is 32.2. The van der Waals surface area contributed by atoms with Gasteiger partial charge in [0.1, 0.15) is 5.75 Å². The third kappa shape index (κ3) is 3.82. The van der Waals surface area contributed by atoms with Gasteiger partial charge in [-0.25, -0.2) is 8.42 Å². The first-order chi connectivity index (χ1) is 10.1. The summed E-state index contributed by atoms with van der Waals surface area (Å²) in [4.78, 5) is 0. The van der Waals surface area contributed by atoms with E-state index in [1.54, 1.807) is 31.4 Å². The second kappa shape index (κ2) is 6.20. The third-order valence-electron chi connectivity index (χ3n) is 4.49. The van der Waals surface area contributed by atoms with Gasteiger partial charge in [0.05, 0.1) is 24.2 Å². The van der Waals surface area contributed by atoms with Crippen LogP contribution in [0, 0.1) is 11.3 Å². The van der Waals surface area contributed by atoms with Crippen molar-refractivity contribution in [3.05, 3.63) is 29.8 Å². The number of rotatable bonds is 4. The molecule has 0 saturated heterocycles. The van der Waals surface area contributed by atoms with Crippen molar-refractivity contribution in [2.75, 3.05) is 7.11 Å². The van der Waals surface area contributed by atoms with Crippen molar-refractivity contribution in [3.63, 3.8) is 0 Å². The molecule has 0 aliphatic heterocycles. The first-order valence-electron chi connectivity index (χ1n) is 7.67. The van der Waals surface area contributed by atoms with E-state index in [0.717, 1.165) is 6.42 Å². The van der Waals surface area contributed by atoms with E-state index in [1.165, 1.54) is 0 Å². The number of sulfone groups is 1. The lowest BCUT2D eigenvalue weighted by molar-refractivity contribution is 0.0432. The molecule has 0 radical (unpaired) electrons. The Kier molecular flexibility index (Phi) is 4.87. The van der Waals surface area contributed by atoms with Crippen LogP contribution in [0.15, 0.2) is 24.3 Å². The first kappa shape index (κ1) is 17.3. The molecule has 0 heterocycles. The van der Waals surface area contributed by atoms with Crippen molar-refractivity contribution in [3.8, 4) is 5.75 Å². The van der Waals surface area contributed by atoms with Gasteiger partial charge in [0.2, 0.25) is 0 Å². The maximum atomic E-state index is 12.8. The summed E-state index contributed by atoms with van der Waals surface area (Å²) in [6, 6.07) is 7.09. The van der Waals surface area contributed by atoms with Gasteiger partial charge in [-0.15, -0.1) is 0 Å². The van der Waals surface area contributed by atoms with E-state index in [9.17, 15) is 13.5 Å². The Labute approximate surface area is 133 Å². The van der Waals surface area contributed by atoms with E-state index in [0.29, 0.717) is 17.7 Å². The summed E-state index contributed by atoms with van der Waals surface area (Å²) < 4.78 is 30.7. The molecule has 1 aromatic rings. The predicted molar refractivity (Wildman–Crippen MR) is 87.6 cm³/mol. The molecule has 1 saturated carbocycles. The van der Waals surface area contributed by atoms with Crippen LogP contribution in [0.5, 0.6) is 5.75 Å². The number of hydrogen-bond acceptors (Lipinski definition) is 4. The SMILES string of the molecule is COc1cccc(CS(=O)(=O)C2C(C)CC(C)(C)CC2O)c1. The Morgan fingerprint density at radius 2 is 2.00 bits per heavy atom. The lowest BCUT2D eigenvalue weighted by atomic mass is 9.71. The smallest absolute Gasteiger partial charge is 0.160 e. The van der Waals surface area contributed by atoms with Gasteiger partial charge in [0, 0.05) is 0 Å². The molecule has 124 valence electrons. The molecular weight excluding hydrogens is 300 g/mol. The molecule has 0 spiro atoms. The van der Waals surface area contributed by atoms with Crippen LogP contribution in [0.4, 0.5) is 0 Å². The summed E-state index contributed by atoms with van der Waals surface area (Å²) >= 11 is 0. The average Bonchev–Trinajstić information content (AvgIpc) is 2.35. The van der Waals surface area contributed by atoms with E-state index >= 15 is 0 Å². The van der Waals surface area contributed by atoms with E-state index in [1.807, 2.05) is 6.92 Å². The number of aliphatic hydroxyl groups is 1. The van der Waals surface area contributed by atoms with E-state index < -0.39 is 21.2 Å². The van der Waals surface area contributed by atoms with E-state index in [4.69, 9.17) is 4.74 Å². The standard InChI is InChI=1S/C17H26O4S/c1-12-9-17(2,3)10-15(18)16(12)22(19,20)11-13-6-5-7-14(8-13)21-4/h5-8,12,15-16,18H,9-11H2,1-4H3. The molecule has 0 amide bonds. The van der Waals surface area contributed by atoms with Crippen molar-refractivity contribution in [2.45, 2.75) is 50.7 Å². The van der Waals surface area contributed by atoms with Crippen molar-refractivity contribution in [2.24, 2.45) is 11.3 Å². The molecule has 1 fully saturated rings. The maximum Gasteiger partial charge on any atom is 0.160 e. The minimum Gasteiger partial charge on any atom is -0.497 e. The molecule has 0 bridgehead atoms. The molecule has 0 aromatic heterocycles. The van der Waals surface area contributed by atoms with Gasteiger partial charge < -0.3 is 9.84 Å². The molecule has 3 unspecified atom stereocenters. The number of hydrogen-bond donors (Lipinski definition) is 1. The highest BCUT2D eigenvalue weighted by Crippen LogP contribution is 2.42. The fourth-order valence-electron chi connectivity index (χ4n) is 3.82. The number of methoxy groups -OCH3 is 1. The predicted octanol–water partition coefficient (Wildman–Crippen LogP) is 2.80. The quantitative estimate of drug-likeness (QED) is 0.924. The third-order valence-corrected chi connectivity index (χ3v) is 6.84. The Morgan fingerprint density at radius 3 is 2.59 bits per heavy atom. The molecule has 1 aliphatic carbocycles. The summed E-state index contributed by atoms with van der Waals surface area (Å²) in [5.41, 5.74) is 0.685. The van der Waals surface area contributed by atoms with Crippen LogP contribution in [0.25, 0.3) is 0 Å². The van der Waals surface area contributed by atoms with Crippen LogP contribution >= 0.6 is 0 Å². The lowest BCUT2D eigenvalue weighted by Crippen LogP contribution is -2.47. The highest BCUT2D eigenvalue weighted by Gasteiger charge is 2.45. The zero-order valence-electron chi connectivity index (χ0n) is 13.7. The number of aliphatic hydroxyl groups excluding tert-OH is 1. The summed E-state index contributed by atoms with van der Waals surface area (Å²) in [7, 11) is -1.86.